The predicted octanol–water partition coefficient (Wildman–Crippen LogP) is 3.85. The van der Waals surface area contributed by atoms with E-state index in [0.717, 1.165) is 0 Å². The number of primary sulfonamides is 1. The van der Waals surface area contributed by atoms with Gasteiger partial charge in [-0.3, -0.25) is 5.10 Å². The van der Waals surface area contributed by atoms with Crippen molar-refractivity contribution in [2.24, 2.45) is 5.14 Å². The fourth-order valence-electron chi connectivity index (χ4n) is 1.94. The highest BCUT2D eigenvalue weighted by Gasteiger charge is 2.34. The van der Waals surface area contributed by atoms with Crippen molar-refractivity contribution < 1.29 is 34.8 Å². The first-order chi connectivity index (χ1) is 12.9. The van der Waals surface area contributed by atoms with E-state index in [1.165, 1.54) is 12.1 Å². The van der Waals surface area contributed by atoms with Crippen molar-refractivity contribution in [1.29, 1.82) is 0 Å². The number of H-pyrrole nitrogens is 1. The smallest absolute Gasteiger partial charge is 0.277 e. The number of benzene rings is 2. The van der Waals surface area contributed by atoms with Gasteiger partial charge in [-0.1, -0.05) is 18.2 Å². The highest BCUT2D eigenvalue weighted by Crippen LogP contribution is 2.31. The van der Waals surface area contributed by atoms with Gasteiger partial charge in [0, 0.05) is 11.6 Å². The summed E-state index contributed by atoms with van der Waals surface area (Å²) in [6.45, 7) is 0. The predicted molar refractivity (Wildman–Crippen MR) is 86.7 cm³/mol. The number of aromatic amines is 1. The molecule has 0 fully saturated rings. The van der Waals surface area contributed by atoms with E-state index in [1.54, 1.807) is 18.2 Å². The lowest BCUT2D eigenvalue weighted by Gasteiger charge is -2.01. The van der Waals surface area contributed by atoms with Crippen LogP contribution in [0.4, 0.5) is 26.3 Å². The van der Waals surface area contributed by atoms with Crippen molar-refractivity contribution in [3.63, 3.8) is 0 Å². The monoisotopic (exact) mass is 423 g/mol. The van der Waals surface area contributed by atoms with Crippen LogP contribution in [0.25, 0.3) is 11.3 Å². The number of hydrogen-bond acceptors (Lipinski definition) is 3. The topological polar surface area (TPSA) is 88.8 Å². The van der Waals surface area contributed by atoms with E-state index in [0.29, 0.717) is 12.1 Å². The second-order valence-corrected chi connectivity index (χ2v) is 6.83. The normalized spacial score (nSPS) is 11.7. The maximum atomic E-state index is 13.3. The van der Waals surface area contributed by atoms with Crippen molar-refractivity contribution in [3.05, 3.63) is 71.7 Å². The van der Waals surface area contributed by atoms with Gasteiger partial charge in [0.25, 0.3) is 0 Å². The Morgan fingerprint density at radius 1 is 0.893 bits per heavy atom. The second kappa shape index (κ2) is 8.02. The van der Waals surface area contributed by atoms with Crippen LogP contribution in [-0.2, 0) is 16.2 Å². The summed E-state index contributed by atoms with van der Waals surface area (Å²) in [5.41, 5.74) is -2.20. The molecule has 0 amide bonds. The van der Waals surface area contributed by atoms with E-state index < -0.39 is 50.6 Å². The van der Waals surface area contributed by atoms with Gasteiger partial charge in [0.05, 0.1) is 10.6 Å². The number of rotatable bonds is 2. The summed E-state index contributed by atoms with van der Waals surface area (Å²) < 4.78 is 96.8. The molecule has 12 heteroatoms. The average molecular weight is 423 g/mol. The van der Waals surface area contributed by atoms with Crippen LogP contribution in [0, 0.1) is 17.5 Å². The van der Waals surface area contributed by atoms with Gasteiger partial charge in [-0.15, -0.1) is 0 Å². The van der Waals surface area contributed by atoms with Gasteiger partial charge in [-0.05, 0) is 24.3 Å². The Labute approximate surface area is 154 Å². The quantitative estimate of drug-likeness (QED) is 0.485. The fraction of sp³-hybridized carbons (Fsp3) is 0.0625. The number of sulfonamides is 1. The molecular formula is C16H11F6N3O2S. The molecule has 0 aliphatic heterocycles. The van der Waals surface area contributed by atoms with Crippen LogP contribution in [0.2, 0.25) is 0 Å². The summed E-state index contributed by atoms with van der Waals surface area (Å²) in [4.78, 5) is 0.148. The Morgan fingerprint density at radius 2 is 1.46 bits per heavy atom. The van der Waals surface area contributed by atoms with Gasteiger partial charge < -0.3 is 0 Å². The third kappa shape index (κ3) is 5.33. The van der Waals surface area contributed by atoms with E-state index in [4.69, 9.17) is 5.14 Å². The lowest BCUT2D eigenvalue weighted by atomic mass is 10.1. The van der Waals surface area contributed by atoms with Crippen LogP contribution in [0.5, 0.6) is 0 Å². The van der Waals surface area contributed by atoms with Gasteiger partial charge in [0.1, 0.15) is 5.82 Å². The molecule has 0 aliphatic rings. The summed E-state index contributed by atoms with van der Waals surface area (Å²) in [5, 5.41) is 9.67. The maximum absolute atomic E-state index is 13.3. The minimum Gasteiger partial charge on any atom is -0.277 e. The molecule has 0 unspecified atom stereocenters. The highest BCUT2D eigenvalue weighted by atomic mass is 32.2. The van der Waals surface area contributed by atoms with Crippen LogP contribution < -0.4 is 5.14 Å². The van der Waals surface area contributed by atoms with E-state index in [1.807, 2.05) is 5.10 Å². The zero-order valence-electron chi connectivity index (χ0n) is 13.6. The molecule has 0 saturated heterocycles. The Hall–Kier alpha value is -2.86. The molecule has 0 radical (unpaired) electrons. The summed E-state index contributed by atoms with van der Waals surface area (Å²) in [6, 6.07) is 9.10. The molecule has 28 heavy (non-hydrogen) atoms. The Kier molecular flexibility index (Phi) is 6.14. The van der Waals surface area contributed by atoms with Crippen LogP contribution in [-0.4, -0.2) is 18.6 Å². The zero-order valence-corrected chi connectivity index (χ0v) is 14.5. The standard InChI is InChI=1S/C10H4F6N2.C6H7NO2S/c11-5-2-7(13)6(12)1-4(5)8-3-9(18-17-8)10(14,15)16;7-10(8,9)6-4-2-1-3-5-6/h1-3H,(H,17,18);1-5H,(H2,7,8,9). The number of aromatic nitrogens is 2. The molecule has 0 atom stereocenters. The summed E-state index contributed by atoms with van der Waals surface area (Å²) in [5.74, 6) is -3.98. The fourth-order valence-corrected chi connectivity index (χ4v) is 2.48. The van der Waals surface area contributed by atoms with Gasteiger partial charge >= 0.3 is 6.18 Å². The molecule has 0 bridgehead atoms. The second-order valence-electron chi connectivity index (χ2n) is 5.27. The van der Waals surface area contributed by atoms with Gasteiger partial charge in [-0.25, -0.2) is 26.7 Å². The molecule has 150 valence electrons. The van der Waals surface area contributed by atoms with Crippen LogP contribution in [0.15, 0.2) is 53.4 Å². The van der Waals surface area contributed by atoms with Crippen molar-refractivity contribution in [2.75, 3.05) is 0 Å². The molecule has 0 aliphatic carbocycles. The van der Waals surface area contributed by atoms with Crippen LogP contribution >= 0.6 is 0 Å². The van der Waals surface area contributed by atoms with Crippen molar-refractivity contribution in [3.8, 4) is 11.3 Å². The summed E-state index contributed by atoms with van der Waals surface area (Å²) >= 11 is 0. The minimum atomic E-state index is -4.70. The van der Waals surface area contributed by atoms with Crippen LogP contribution in [0.1, 0.15) is 5.69 Å². The molecule has 3 rings (SSSR count). The molecular weight excluding hydrogens is 412 g/mol. The summed E-state index contributed by atoms with van der Waals surface area (Å²) in [6.07, 6.45) is -4.70. The summed E-state index contributed by atoms with van der Waals surface area (Å²) in [7, 11) is -3.50. The van der Waals surface area contributed by atoms with E-state index >= 15 is 0 Å². The lowest BCUT2D eigenvalue weighted by molar-refractivity contribution is -0.141. The number of alkyl halides is 3. The molecule has 3 aromatic rings. The van der Waals surface area contributed by atoms with Crippen molar-refractivity contribution in [1.82, 2.24) is 10.2 Å². The molecule has 1 heterocycles. The molecule has 2 aromatic carbocycles. The average Bonchev–Trinajstić information content (AvgIpc) is 3.09. The third-order valence-electron chi connectivity index (χ3n) is 3.24. The minimum absolute atomic E-state index is 0.148. The van der Waals surface area contributed by atoms with E-state index in [9.17, 15) is 34.8 Å². The van der Waals surface area contributed by atoms with E-state index in [-0.39, 0.29) is 11.0 Å². The zero-order chi connectivity index (χ0) is 21.1. The third-order valence-corrected chi connectivity index (χ3v) is 4.17. The molecule has 0 spiro atoms. The Balaban J connectivity index is 0.000000237. The number of nitrogens with one attached hydrogen (secondary N) is 1. The lowest BCUT2D eigenvalue weighted by Crippen LogP contribution is -2.11. The van der Waals surface area contributed by atoms with Crippen molar-refractivity contribution >= 4 is 10.0 Å². The maximum Gasteiger partial charge on any atom is 0.435 e. The molecule has 0 saturated carbocycles. The molecule has 3 N–H and O–H groups in total. The number of nitrogens with two attached hydrogens (primary N) is 1. The first kappa shape index (κ1) is 21.4. The van der Waals surface area contributed by atoms with Crippen LogP contribution in [0.3, 0.4) is 0 Å². The Bertz CT molecular complexity index is 1070. The van der Waals surface area contributed by atoms with Crippen molar-refractivity contribution in [2.45, 2.75) is 11.1 Å². The van der Waals surface area contributed by atoms with Gasteiger partial charge in [0.15, 0.2) is 17.3 Å². The van der Waals surface area contributed by atoms with Gasteiger partial charge in [-0.2, -0.15) is 18.3 Å². The first-order valence-corrected chi connectivity index (χ1v) is 8.79. The highest BCUT2D eigenvalue weighted by molar-refractivity contribution is 7.89. The number of nitrogens with zero attached hydrogens (tertiary/aromatic N) is 1. The first-order valence-electron chi connectivity index (χ1n) is 7.25. The number of halogens is 6. The Morgan fingerprint density at radius 3 is 1.93 bits per heavy atom. The molecule has 1 aromatic heterocycles. The molecule has 5 nitrogen and oxygen atoms in total. The van der Waals surface area contributed by atoms with Gasteiger partial charge in [0.2, 0.25) is 10.0 Å². The largest absolute Gasteiger partial charge is 0.435 e. The van der Waals surface area contributed by atoms with E-state index in [2.05, 4.69) is 5.10 Å². The number of hydrogen-bond donors (Lipinski definition) is 2. The SMILES string of the molecule is Fc1cc(F)c(-c2cc(C(F)(F)F)n[nH]2)cc1F.NS(=O)(=O)c1ccccc1.